The Kier molecular flexibility index (Phi) is 7.04. The maximum atomic E-state index is 12.4. The SMILES string of the molecule is COc1cc(C#N)ccc1OCC(=O)N[C@@H](CC(C)C)c1ccccc1. The second-order valence-corrected chi connectivity index (χ2v) is 6.43. The Bertz CT molecular complexity index is 767. The molecule has 0 spiro atoms. The number of carbonyl (C=O) groups excluding carboxylic acids is 1. The van der Waals surface area contributed by atoms with Crippen molar-refractivity contribution in [3.8, 4) is 17.6 Å². The van der Waals surface area contributed by atoms with Gasteiger partial charge in [-0.25, -0.2) is 0 Å². The highest BCUT2D eigenvalue weighted by atomic mass is 16.5. The van der Waals surface area contributed by atoms with Gasteiger partial charge in [-0.1, -0.05) is 44.2 Å². The van der Waals surface area contributed by atoms with Gasteiger partial charge in [0.2, 0.25) is 0 Å². The molecule has 0 aliphatic heterocycles. The van der Waals surface area contributed by atoms with Crippen molar-refractivity contribution in [1.82, 2.24) is 5.32 Å². The first kappa shape index (κ1) is 19.3. The monoisotopic (exact) mass is 352 g/mol. The molecule has 0 aromatic heterocycles. The van der Waals surface area contributed by atoms with E-state index in [1.807, 2.05) is 36.4 Å². The Morgan fingerprint density at radius 3 is 2.50 bits per heavy atom. The van der Waals surface area contributed by atoms with E-state index >= 15 is 0 Å². The molecule has 1 atom stereocenters. The van der Waals surface area contributed by atoms with Crippen molar-refractivity contribution in [3.05, 3.63) is 59.7 Å². The molecule has 0 aliphatic carbocycles. The first-order valence-electron chi connectivity index (χ1n) is 8.58. The number of amides is 1. The van der Waals surface area contributed by atoms with Gasteiger partial charge in [-0.3, -0.25) is 4.79 Å². The zero-order chi connectivity index (χ0) is 18.9. The fraction of sp³-hybridized carbons (Fsp3) is 0.333. The minimum Gasteiger partial charge on any atom is -0.493 e. The van der Waals surface area contributed by atoms with E-state index in [0.717, 1.165) is 12.0 Å². The van der Waals surface area contributed by atoms with E-state index in [0.29, 0.717) is 23.0 Å². The molecule has 2 aromatic carbocycles. The van der Waals surface area contributed by atoms with Crippen LogP contribution in [0.3, 0.4) is 0 Å². The molecule has 0 fully saturated rings. The highest BCUT2D eigenvalue weighted by Gasteiger charge is 2.17. The van der Waals surface area contributed by atoms with Crippen molar-refractivity contribution in [3.63, 3.8) is 0 Å². The third kappa shape index (κ3) is 5.52. The predicted molar refractivity (Wildman–Crippen MR) is 100.0 cm³/mol. The van der Waals surface area contributed by atoms with Gasteiger partial charge in [0.05, 0.1) is 24.8 Å². The van der Waals surface area contributed by atoms with Crippen LogP contribution in [0.2, 0.25) is 0 Å². The normalized spacial score (nSPS) is 11.5. The van der Waals surface area contributed by atoms with Crippen molar-refractivity contribution in [2.75, 3.05) is 13.7 Å². The van der Waals surface area contributed by atoms with E-state index in [1.54, 1.807) is 18.2 Å². The third-order valence-corrected chi connectivity index (χ3v) is 3.90. The Balaban J connectivity index is 2.01. The van der Waals surface area contributed by atoms with E-state index in [2.05, 4.69) is 19.2 Å². The van der Waals surface area contributed by atoms with Gasteiger partial charge >= 0.3 is 0 Å². The molecule has 0 radical (unpaired) electrons. The Morgan fingerprint density at radius 2 is 1.88 bits per heavy atom. The molecule has 136 valence electrons. The Labute approximate surface area is 154 Å². The van der Waals surface area contributed by atoms with Gasteiger partial charge in [0.1, 0.15) is 0 Å². The van der Waals surface area contributed by atoms with Crippen LogP contribution in [0.5, 0.6) is 11.5 Å². The van der Waals surface area contributed by atoms with Crippen LogP contribution in [0, 0.1) is 17.2 Å². The van der Waals surface area contributed by atoms with Crippen molar-refractivity contribution >= 4 is 5.91 Å². The number of hydrogen-bond donors (Lipinski definition) is 1. The summed E-state index contributed by atoms with van der Waals surface area (Å²) in [5, 5.41) is 12.0. The molecular formula is C21H24N2O3. The van der Waals surface area contributed by atoms with Gasteiger partial charge in [-0.15, -0.1) is 0 Å². The van der Waals surface area contributed by atoms with E-state index in [4.69, 9.17) is 14.7 Å². The minimum atomic E-state index is -0.203. The van der Waals surface area contributed by atoms with Crippen LogP contribution >= 0.6 is 0 Å². The lowest BCUT2D eigenvalue weighted by atomic mass is 9.97. The van der Waals surface area contributed by atoms with E-state index in [1.165, 1.54) is 7.11 Å². The maximum absolute atomic E-state index is 12.4. The summed E-state index contributed by atoms with van der Waals surface area (Å²) in [6.45, 7) is 4.13. The van der Waals surface area contributed by atoms with E-state index < -0.39 is 0 Å². The Hall–Kier alpha value is -3.00. The first-order valence-corrected chi connectivity index (χ1v) is 8.58. The average Bonchev–Trinajstić information content (AvgIpc) is 2.66. The molecule has 0 bridgehead atoms. The fourth-order valence-corrected chi connectivity index (χ4v) is 2.67. The summed E-state index contributed by atoms with van der Waals surface area (Å²) in [5.41, 5.74) is 1.55. The number of nitriles is 1. The minimum absolute atomic E-state index is 0.0600. The maximum Gasteiger partial charge on any atom is 0.258 e. The molecule has 5 nitrogen and oxygen atoms in total. The molecule has 0 saturated carbocycles. The number of nitrogens with one attached hydrogen (secondary N) is 1. The number of carbonyl (C=O) groups is 1. The summed E-state index contributed by atoms with van der Waals surface area (Å²) in [5.74, 6) is 1.10. The number of hydrogen-bond acceptors (Lipinski definition) is 4. The second kappa shape index (κ2) is 9.47. The third-order valence-electron chi connectivity index (χ3n) is 3.90. The van der Waals surface area contributed by atoms with Crippen molar-refractivity contribution < 1.29 is 14.3 Å². The molecule has 0 heterocycles. The number of rotatable bonds is 8. The molecule has 1 N–H and O–H groups in total. The number of methoxy groups -OCH3 is 1. The summed E-state index contributed by atoms with van der Waals surface area (Å²) in [6, 6.07) is 16.7. The lowest BCUT2D eigenvalue weighted by Gasteiger charge is -2.21. The molecule has 26 heavy (non-hydrogen) atoms. The van der Waals surface area contributed by atoms with Gasteiger partial charge in [0, 0.05) is 6.07 Å². The van der Waals surface area contributed by atoms with Crippen LogP contribution in [-0.2, 0) is 4.79 Å². The molecule has 0 saturated heterocycles. The number of ether oxygens (including phenoxy) is 2. The fourth-order valence-electron chi connectivity index (χ4n) is 2.67. The summed E-state index contributed by atoms with van der Waals surface area (Å²) in [4.78, 5) is 12.4. The molecule has 0 unspecified atom stereocenters. The van der Waals surface area contributed by atoms with Gasteiger partial charge < -0.3 is 14.8 Å². The Morgan fingerprint density at radius 1 is 1.15 bits per heavy atom. The van der Waals surface area contributed by atoms with Crippen molar-refractivity contribution in [2.24, 2.45) is 5.92 Å². The predicted octanol–water partition coefficient (Wildman–Crippen LogP) is 3.85. The summed E-state index contributed by atoms with van der Waals surface area (Å²) >= 11 is 0. The van der Waals surface area contributed by atoms with Gasteiger partial charge in [-0.2, -0.15) is 5.26 Å². The van der Waals surface area contributed by atoms with Crippen LogP contribution in [0.4, 0.5) is 0 Å². The summed E-state index contributed by atoms with van der Waals surface area (Å²) in [6.07, 6.45) is 0.843. The smallest absolute Gasteiger partial charge is 0.258 e. The van der Waals surface area contributed by atoms with E-state index in [9.17, 15) is 4.79 Å². The zero-order valence-electron chi connectivity index (χ0n) is 15.4. The molecule has 2 aromatic rings. The summed E-state index contributed by atoms with van der Waals surface area (Å²) in [7, 11) is 1.50. The second-order valence-electron chi connectivity index (χ2n) is 6.43. The van der Waals surface area contributed by atoms with Crippen LogP contribution in [0.1, 0.15) is 37.4 Å². The lowest BCUT2D eigenvalue weighted by Crippen LogP contribution is -2.33. The molecule has 2 rings (SSSR count). The number of nitrogens with zero attached hydrogens (tertiary/aromatic N) is 1. The standard InChI is InChI=1S/C21H24N2O3/c1-15(2)11-18(17-7-5-4-6-8-17)23-21(24)14-26-19-10-9-16(13-22)12-20(19)25-3/h4-10,12,15,18H,11,14H2,1-3H3,(H,23,24)/t18-/m0/s1. The number of benzene rings is 2. The first-order chi connectivity index (χ1) is 12.5. The summed E-state index contributed by atoms with van der Waals surface area (Å²) < 4.78 is 10.8. The highest BCUT2D eigenvalue weighted by molar-refractivity contribution is 5.78. The van der Waals surface area contributed by atoms with Crippen molar-refractivity contribution in [1.29, 1.82) is 5.26 Å². The van der Waals surface area contributed by atoms with Gasteiger partial charge in [-0.05, 0) is 30.0 Å². The van der Waals surface area contributed by atoms with Crippen LogP contribution in [0.15, 0.2) is 48.5 Å². The zero-order valence-corrected chi connectivity index (χ0v) is 15.4. The lowest BCUT2D eigenvalue weighted by molar-refractivity contribution is -0.124. The molecule has 1 amide bonds. The molecule has 5 heteroatoms. The largest absolute Gasteiger partial charge is 0.493 e. The van der Waals surface area contributed by atoms with E-state index in [-0.39, 0.29) is 18.6 Å². The topological polar surface area (TPSA) is 71.3 Å². The quantitative estimate of drug-likeness (QED) is 0.783. The average molecular weight is 352 g/mol. The molecular weight excluding hydrogens is 328 g/mol. The van der Waals surface area contributed by atoms with Crippen LogP contribution in [0.25, 0.3) is 0 Å². The van der Waals surface area contributed by atoms with Crippen LogP contribution in [-0.4, -0.2) is 19.6 Å². The molecule has 0 aliphatic rings. The van der Waals surface area contributed by atoms with Crippen molar-refractivity contribution in [2.45, 2.75) is 26.3 Å². The van der Waals surface area contributed by atoms with Gasteiger partial charge in [0.25, 0.3) is 5.91 Å². The van der Waals surface area contributed by atoms with Crippen LogP contribution < -0.4 is 14.8 Å². The van der Waals surface area contributed by atoms with Gasteiger partial charge in [0.15, 0.2) is 18.1 Å². The highest BCUT2D eigenvalue weighted by Crippen LogP contribution is 2.28.